The first-order valence-electron chi connectivity index (χ1n) is 1.78. The summed E-state index contributed by atoms with van der Waals surface area (Å²) in [4.78, 5) is 9.17. The van der Waals surface area contributed by atoms with E-state index in [0.29, 0.717) is 0 Å². The molecule has 0 unspecified atom stereocenters. The minimum atomic E-state index is -0.426. The van der Waals surface area contributed by atoms with Crippen LogP contribution >= 0.6 is 0 Å². The van der Waals surface area contributed by atoms with E-state index in [4.69, 9.17) is 0 Å². The van der Waals surface area contributed by atoms with E-state index in [9.17, 15) is 10.1 Å². The summed E-state index contributed by atoms with van der Waals surface area (Å²) in [5.41, 5.74) is 0. The molecular formula is C3H7NNaO2. The summed E-state index contributed by atoms with van der Waals surface area (Å²) in [7, 11) is 0. The number of nitro groups is 1. The van der Waals surface area contributed by atoms with Gasteiger partial charge in [-0.3, -0.25) is 10.1 Å². The second kappa shape index (κ2) is 4.56. The second-order valence-corrected chi connectivity index (χ2v) is 1.38. The van der Waals surface area contributed by atoms with Crippen molar-refractivity contribution in [3.8, 4) is 0 Å². The molecule has 0 spiro atoms. The summed E-state index contributed by atoms with van der Waals surface area (Å²) in [5.74, 6) is 0. The first-order valence-corrected chi connectivity index (χ1v) is 1.78. The molecule has 0 fully saturated rings. The van der Waals surface area contributed by atoms with Crippen molar-refractivity contribution >= 4 is 29.6 Å². The van der Waals surface area contributed by atoms with Crippen molar-refractivity contribution < 1.29 is 4.92 Å². The zero-order valence-electron chi connectivity index (χ0n) is 4.84. The van der Waals surface area contributed by atoms with Crippen molar-refractivity contribution in [1.29, 1.82) is 0 Å². The Balaban J connectivity index is 0. The summed E-state index contributed by atoms with van der Waals surface area (Å²) in [6.07, 6.45) is 0. The van der Waals surface area contributed by atoms with Crippen LogP contribution < -0.4 is 0 Å². The standard InChI is InChI=1S/C3H7NO2.Na/c1-3(2)4(5)6;/h3H,1-2H3;. The molecule has 0 aromatic rings. The summed E-state index contributed by atoms with van der Waals surface area (Å²) in [5, 5.41) is 9.50. The molecule has 0 aliphatic heterocycles. The van der Waals surface area contributed by atoms with Crippen LogP contribution in [0.4, 0.5) is 0 Å². The van der Waals surface area contributed by atoms with E-state index in [2.05, 4.69) is 0 Å². The van der Waals surface area contributed by atoms with Crippen LogP contribution in [0, 0.1) is 10.1 Å². The Labute approximate surface area is 64.5 Å². The Kier molecular flexibility index (Phi) is 6.77. The molecule has 0 aromatic heterocycles. The second-order valence-electron chi connectivity index (χ2n) is 1.38. The molecule has 0 heterocycles. The molecule has 0 aliphatic carbocycles. The summed E-state index contributed by atoms with van der Waals surface area (Å²) >= 11 is 0. The average molecular weight is 112 g/mol. The van der Waals surface area contributed by atoms with Crippen molar-refractivity contribution in [3.63, 3.8) is 0 Å². The van der Waals surface area contributed by atoms with Gasteiger partial charge in [-0.15, -0.1) is 0 Å². The van der Waals surface area contributed by atoms with Crippen LogP contribution in [0.2, 0.25) is 0 Å². The molecule has 0 saturated heterocycles. The zero-order valence-corrected chi connectivity index (χ0v) is 6.84. The third-order valence-corrected chi connectivity index (χ3v) is 0.422. The van der Waals surface area contributed by atoms with Gasteiger partial charge in [0.1, 0.15) is 0 Å². The molecule has 1 radical (unpaired) electrons. The van der Waals surface area contributed by atoms with Gasteiger partial charge in [0, 0.05) is 48.3 Å². The fraction of sp³-hybridized carbons (Fsp3) is 1.00. The molecule has 0 amide bonds. The fourth-order valence-corrected chi connectivity index (χ4v) is 0. The molecule has 4 heteroatoms. The largest absolute Gasteiger partial charge is 0.264 e. The minimum Gasteiger partial charge on any atom is -0.264 e. The van der Waals surface area contributed by atoms with Gasteiger partial charge in [0.05, 0.1) is 0 Å². The first kappa shape index (κ1) is 10.4. The third kappa shape index (κ3) is 6.40. The van der Waals surface area contributed by atoms with Gasteiger partial charge in [0.25, 0.3) is 0 Å². The van der Waals surface area contributed by atoms with Crippen LogP contribution in [0.1, 0.15) is 13.8 Å². The van der Waals surface area contributed by atoms with Crippen LogP contribution in [0.15, 0.2) is 0 Å². The molecule has 0 saturated carbocycles. The van der Waals surface area contributed by atoms with Gasteiger partial charge >= 0.3 is 0 Å². The van der Waals surface area contributed by atoms with E-state index in [1.165, 1.54) is 0 Å². The van der Waals surface area contributed by atoms with Crippen molar-refractivity contribution in [2.75, 3.05) is 0 Å². The minimum absolute atomic E-state index is 0. The van der Waals surface area contributed by atoms with E-state index >= 15 is 0 Å². The molecule has 0 N–H and O–H groups in total. The molecule has 0 atom stereocenters. The third-order valence-electron chi connectivity index (χ3n) is 0.422. The topological polar surface area (TPSA) is 43.1 Å². The molecule has 0 bridgehead atoms. The van der Waals surface area contributed by atoms with Gasteiger partial charge in [-0.1, -0.05) is 0 Å². The molecule has 3 nitrogen and oxygen atoms in total. The van der Waals surface area contributed by atoms with Crippen LogP contribution in [0.25, 0.3) is 0 Å². The SMILES string of the molecule is CC(C)[N+](=O)[O-].[Na]. The number of nitrogens with zero attached hydrogens (tertiary/aromatic N) is 1. The van der Waals surface area contributed by atoms with E-state index in [1.807, 2.05) is 0 Å². The zero-order chi connectivity index (χ0) is 5.15. The van der Waals surface area contributed by atoms with Crippen LogP contribution in [0.5, 0.6) is 0 Å². The average Bonchev–Trinajstić information content (AvgIpc) is 1.36. The Morgan fingerprint density at radius 2 is 1.71 bits per heavy atom. The van der Waals surface area contributed by atoms with Gasteiger partial charge in [-0.05, 0) is 0 Å². The molecular weight excluding hydrogens is 105 g/mol. The van der Waals surface area contributed by atoms with Gasteiger partial charge in [-0.2, -0.15) is 0 Å². The van der Waals surface area contributed by atoms with E-state index < -0.39 is 6.04 Å². The van der Waals surface area contributed by atoms with Crippen molar-refractivity contribution in [2.24, 2.45) is 0 Å². The van der Waals surface area contributed by atoms with Crippen LogP contribution in [-0.2, 0) is 0 Å². The van der Waals surface area contributed by atoms with Gasteiger partial charge in [0.15, 0.2) is 0 Å². The summed E-state index contributed by atoms with van der Waals surface area (Å²) in [6.45, 7) is 3.08. The molecule has 0 aliphatic rings. The van der Waals surface area contributed by atoms with E-state index in [0.717, 1.165) is 0 Å². The quantitative estimate of drug-likeness (QED) is 0.278. The molecule has 0 aromatic carbocycles. The van der Waals surface area contributed by atoms with E-state index in [1.54, 1.807) is 13.8 Å². The van der Waals surface area contributed by atoms with Crippen LogP contribution in [0.3, 0.4) is 0 Å². The predicted octanol–water partition coefficient (Wildman–Crippen LogP) is 0.291. The summed E-state index contributed by atoms with van der Waals surface area (Å²) < 4.78 is 0. The van der Waals surface area contributed by atoms with Crippen molar-refractivity contribution in [2.45, 2.75) is 19.9 Å². The summed E-state index contributed by atoms with van der Waals surface area (Å²) in [6, 6.07) is -0.426. The molecule has 7 heavy (non-hydrogen) atoms. The molecule has 37 valence electrons. The smallest absolute Gasteiger partial charge is 0.207 e. The predicted molar refractivity (Wildman–Crippen MR) is 27.9 cm³/mol. The maximum absolute atomic E-state index is 9.50. The first-order chi connectivity index (χ1) is 2.64. The Morgan fingerprint density at radius 1 is 1.57 bits per heavy atom. The van der Waals surface area contributed by atoms with Gasteiger partial charge < -0.3 is 0 Å². The number of hydrogen-bond donors (Lipinski definition) is 0. The van der Waals surface area contributed by atoms with E-state index in [-0.39, 0.29) is 34.5 Å². The Morgan fingerprint density at radius 3 is 1.71 bits per heavy atom. The fourth-order valence-electron chi connectivity index (χ4n) is 0. The van der Waals surface area contributed by atoms with Crippen molar-refractivity contribution in [3.05, 3.63) is 10.1 Å². The monoisotopic (exact) mass is 112 g/mol. The number of rotatable bonds is 1. The maximum Gasteiger partial charge on any atom is 0.207 e. The van der Waals surface area contributed by atoms with Gasteiger partial charge in [-0.25, -0.2) is 0 Å². The number of hydrogen-bond acceptors (Lipinski definition) is 2. The van der Waals surface area contributed by atoms with Gasteiger partial charge in [0.2, 0.25) is 6.04 Å². The Bertz CT molecular complexity index is 64.0. The Hall–Kier alpha value is 0.400. The van der Waals surface area contributed by atoms with Crippen LogP contribution in [-0.4, -0.2) is 40.5 Å². The normalized spacial score (nSPS) is 7.86. The maximum atomic E-state index is 9.50. The van der Waals surface area contributed by atoms with Crippen molar-refractivity contribution in [1.82, 2.24) is 0 Å². The molecule has 0 rings (SSSR count).